The molecule has 0 amide bonds. The first-order chi connectivity index (χ1) is 9.82. The second kappa shape index (κ2) is 6.10. The highest BCUT2D eigenvalue weighted by molar-refractivity contribution is 5.85. The minimum atomic E-state index is 0.0342. The fraction of sp³-hybridized carbons (Fsp3) is 0.556. The van der Waals surface area contributed by atoms with Crippen molar-refractivity contribution in [2.24, 2.45) is 5.92 Å². The van der Waals surface area contributed by atoms with Gasteiger partial charge in [0, 0.05) is 10.9 Å². The van der Waals surface area contributed by atoms with E-state index in [0.717, 1.165) is 35.6 Å². The fourth-order valence-electron chi connectivity index (χ4n) is 2.68. The number of furan rings is 1. The number of hydrogen-bond acceptors (Lipinski definition) is 3. The van der Waals surface area contributed by atoms with Gasteiger partial charge in [0.15, 0.2) is 0 Å². The number of hydrogen-bond donors (Lipinski definition) is 1. The molecule has 3 nitrogen and oxygen atoms in total. The standard InChI is InChI=1S/C18H27NO2/c1-12(2)10-19-11-16-17(18(3,4)5)14-9-13(20-6)7-8-15(14)21-16/h7-9,12,19H,10-11H2,1-6H3. The molecule has 0 unspecified atom stereocenters. The van der Waals surface area contributed by atoms with Crippen LogP contribution in [0.3, 0.4) is 0 Å². The van der Waals surface area contributed by atoms with Gasteiger partial charge in [-0.05, 0) is 36.1 Å². The van der Waals surface area contributed by atoms with E-state index in [0.29, 0.717) is 5.92 Å². The molecule has 21 heavy (non-hydrogen) atoms. The van der Waals surface area contributed by atoms with E-state index in [4.69, 9.17) is 9.15 Å². The van der Waals surface area contributed by atoms with Gasteiger partial charge in [-0.25, -0.2) is 0 Å². The molecule has 1 aromatic heterocycles. The lowest BCUT2D eigenvalue weighted by molar-refractivity contribution is 0.415. The molecule has 0 fully saturated rings. The summed E-state index contributed by atoms with van der Waals surface area (Å²) in [5.74, 6) is 2.54. The number of rotatable bonds is 5. The summed E-state index contributed by atoms with van der Waals surface area (Å²) in [6, 6.07) is 6.02. The third kappa shape index (κ3) is 3.59. The van der Waals surface area contributed by atoms with Gasteiger partial charge >= 0.3 is 0 Å². The van der Waals surface area contributed by atoms with E-state index >= 15 is 0 Å². The summed E-state index contributed by atoms with van der Waals surface area (Å²) in [7, 11) is 1.70. The number of benzene rings is 1. The first-order valence-electron chi connectivity index (χ1n) is 7.63. The Morgan fingerprint density at radius 2 is 1.95 bits per heavy atom. The predicted molar refractivity (Wildman–Crippen MR) is 88.0 cm³/mol. The van der Waals surface area contributed by atoms with Crippen molar-refractivity contribution in [2.45, 2.75) is 46.6 Å². The molecule has 0 radical (unpaired) electrons. The SMILES string of the molecule is COc1ccc2oc(CNCC(C)C)c(C(C)(C)C)c2c1. The van der Waals surface area contributed by atoms with E-state index in [1.54, 1.807) is 7.11 Å². The van der Waals surface area contributed by atoms with Gasteiger partial charge in [0.1, 0.15) is 17.1 Å². The van der Waals surface area contributed by atoms with Crippen LogP contribution >= 0.6 is 0 Å². The zero-order chi connectivity index (χ0) is 15.6. The topological polar surface area (TPSA) is 34.4 Å². The summed E-state index contributed by atoms with van der Waals surface area (Å²) < 4.78 is 11.4. The molecule has 0 saturated carbocycles. The monoisotopic (exact) mass is 289 g/mol. The van der Waals surface area contributed by atoms with Gasteiger partial charge in [-0.15, -0.1) is 0 Å². The second-order valence-corrected chi connectivity index (χ2v) is 7.04. The molecule has 1 heterocycles. The van der Waals surface area contributed by atoms with Crippen molar-refractivity contribution >= 4 is 11.0 Å². The average molecular weight is 289 g/mol. The lowest BCUT2D eigenvalue weighted by Gasteiger charge is -2.20. The van der Waals surface area contributed by atoms with Gasteiger partial charge in [0.05, 0.1) is 13.7 Å². The van der Waals surface area contributed by atoms with Crippen LogP contribution in [0.2, 0.25) is 0 Å². The summed E-state index contributed by atoms with van der Waals surface area (Å²) >= 11 is 0. The van der Waals surface area contributed by atoms with Crippen molar-refractivity contribution in [2.75, 3.05) is 13.7 Å². The number of ether oxygens (including phenoxy) is 1. The molecule has 0 atom stereocenters. The molecule has 0 bridgehead atoms. The van der Waals surface area contributed by atoms with Crippen molar-refractivity contribution in [3.63, 3.8) is 0 Å². The number of nitrogens with one attached hydrogen (secondary N) is 1. The minimum Gasteiger partial charge on any atom is -0.497 e. The highest BCUT2D eigenvalue weighted by atomic mass is 16.5. The zero-order valence-corrected chi connectivity index (χ0v) is 14.0. The molecule has 0 aliphatic heterocycles. The maximum Gasteiger partial charge on any atom is 0.134 e. The Morgan fingerprint density at radius 1 is 1.24 bits per heavy atom. The lowest BCUT2D eigenvalue weighted by Crippen LogP contribution is -2.21. The molecular weight excluding hydrogens is 262 g/mol. The zero-order valence-electron chi connectivity index (χ0n) is 14.0. The molecule has 116 valence electrons. The van der Waals surface area contributed by atoms with Gasteiger partial charge in [-0.3, -0.25) is 0 Å². The molecule has 0 saturated heterocycles. The normalized spacial score (nSPS) is 12.3. The van der Waals surface area contributed by atoms with Gasteiger partial charge < -0.3 is 14.5 Å². The van der Waals surface area contributed by atoms with E-state index in [2.05, 4.69) is 46.0 Å². The van der Waals surface area contributed by atoms with Crippen LogP contribution in [0, 0.1) is 5.92 Å². The Bertz CT molecular complexity index is 605. The molecule has 0 aliphatic rings. The van der Waals surface area contributed by atoms with Crippen LogP contribution in [0.4, 0.5) is 0 Å². The molecule has 2 rings (SSSR count). The smallest absolute Gasteiger partial charge is 0.134 e. The van der Waals surface area contributed by atoms with Crippen LogP contribution in [0.25, 0.3) is 11.0 Å². The van der Waals surface area contributed by atoms with E-state index in [9.17, 15) is 0 Å². The van der Waals surface area contributed by atoms with E-state index in [-0.39, 0.29) is 5.41 Å². The maximum atomic E-state index is 6.09. The summed E-state index contributed by atoms with van der Waals surface area (Å²) in [5.41, 5.74) is 2.24. The summed E-state index contributed by atoms with van der Waals surface area (Å²) in [5, 5.41) is 4.63. The molecule has 2 aromatic rings. The van der Waals surface area contributed by atoms with Crippen LogP contribution in [0.1, 0.15) is 45.9 Å². The highest BCUT2D eigenvalue weighted by Crippen LogP contribution is 2.37. The summed E-state index contributed by atoms with van der Waals surface area (Å²) in [4.78, 5) is 0. The number of methoxy groups -OCH3 is 1. The Balaban J connectivity index is 2.44. The van der Waals surface area contributed by atoms with Crippen molar-refractivity contribution in [1.82, 2.24) is 5.32 Å². The van der Waals surface area contributed by atoms with E-state index < -0.39 is 0 Å². The minimum absolute atomic E-state index is 0.0342. The van der Waals surface area contributed by atoms with Crippen molar-refractivity contribution in [3.05, 3.63) is 29.5 Å². The third-order valence-electron chi connectivity index (χ3n) is 3.56. The second-order valence-electron chi connectivity index (χ2n) is 7.04. The molecular formula is C18H27NO2. The average Bonchev–Trinajstić information content (AvgIpc) is 2.74. The van der Waals surface area contributed by atoms with Crippen LogP contribution in [0.15, 0.2) is 22.6 Å². The van der Waals surface area contributed by atoms with E-state index in [1.165, 1.54) is 5.56 Å². The summed E-state index contributed by atoms with van der Waals surface area (Å²) in [6.07, 6.45) is 0. The number of fused-ring (bicyclic) bond motifs is 1. The largest absolute Gasteiger partial charge is 0.497 e. The molecule has 3 heteroatoms. The quantitative estimate of drug-likeness (QED) is 0.881. The van der Waals surface area contributed by atoms with Crippen molar-refractivity contribution < 1.29 is 9.15 Å². The van der Waals surface area contributed by atoms with Crippen LogP contribution < -0.4 is 10.1 Å². The fourth-order valence-corrected chi connectivity index (χ4v) is 2.68. The van der Waals surface area contributed by atoms with Crippen molar-refractivity contribution in [1.29, 1.82) is 0 Å². The first kappa shape index (κ1) is 15.9. The van der Waals surface area contributed by atoms with Gasteiger partial charge in [0.2, 0.25) is 0 Å². The molecule has 1 N–H and O–H groups in total. The van der Waals surface area contributed by atoms with Crippen LogP contribution in [0.5, 0.6) is 5.75 Å². The van der Waals surface area contributed by atoms with E-state index in [1.807, 2.05) is 12.1 Å². The third-order valence-corrected chi connectivity index (χ3v) is 3.56. The summed E-state index contributed by atoms with van der Waals surface area (Å²) in [6.45, 7) is 12.8. The lowest BCUT2D eigenvalue weighted by atomic mass is 9.84. The Kier molecular flexibility index (Phi) is 4.62. The Hall–Kier alpha value is -1.48. The van der Waals surface area contributed by atoms with Crippen LogP contribution in [-0.4, -0.2) is 13.7 Å². The first-order valence-corrected chi connectivity index (χ1v) is 7.63. The highest BCUT2D eigenvalue weighted by Gasteiger charge is 2.25. The molecule has 0 spiro atoms. The Labute approximate surface area is 127 Å². The van der Waals surface area contributed by atoms with Crippen molar-refractivity contribution in [3.8, 4) is 5.75 Å². The molecule has 0 aliphatic carbocycles. The van der Waals surface area contributed by atoms with Crippen LogP contribution in [-0.2, 0) is 12.0 Å². The predicted octanol–water partition coefficient (Wildman–Crippen LogP) is 4.48. The van der Waals surface area contributed by atoms with Gasteiger partial charge in [-0.2, -0.15) is 0 Å². The van der Waals surface area contributed by atoms with Gasteiger partial charge in [-0.1, -0.05) is 34.6 Å². The Morgan fingerprint density at radius 3 is 2.52 bits per heavy atom. The van der Waals surface area contributed by atoms with Gasteiger partial charge in [0.25, 0.3) is 0 Å². The molecule has 1 aromatic carbocycles. The maximum absolute atomic E-state index is 6.09.